The number of carbonyl (C=O) groups is 2. The molecule has 1 aliphatic rings. The third-order valence-corrected chi connectivity index (χ3v) is 5.60. The van der Waals surface area contributed by atoms with Gasteiger partial charge in [0.1, 0.15) is 5.76 Å². The van der Waals surface area contributed by atoms with Gasteiger partial charge in [-0.1, -0.05) is 35.5 Å². The van der Waals surface area contributed by atoms with Crippen molar-refractivity contribution in [2.45, 2.75) is 13.1 Å². The van der Waals surface area contributed by atoms with Crippen LogP contribution in [0.2, 0.25) is 0 Å². The van der Waals surface area contributed by atoms with E-state index in [4.69, 9.17) is 4.52 Å². The lowest BCUT2D eigenvalue weighted by molar-refractivity contribution is -0.137. The fourth-order valence-corrected chi connectivity index (χ4v) is 3.85. The van der Waals surface area contributed by atoms with Gasteiger partial charge < -0.3 is 14.7 Å². The van der Waals surface area contributed by atoms with Gasteiger partial charge in [0, 0.05) is 37.8 Å². The molecule has 10 heteroatoms. The highest BCUT2D eigenvalue weighted by Gasteiger charge is 2.30. The summed E-state index contributed by atoms with van der Waals surface area (Å²) in [6, 6.07) is 13.3. The standard InChI is InChI=1S/C24H23F3N4O3/c1-16-14-21(29-34-16)28-22(32)15-30-10-12-31(13-11-30)23(33)20-5-3-2-4-19(20)17-6-8-18(9-7-17)24(25,26)27/h2-9,14H,10-13,15H2,1H3,(H,28,29,32). The van der Waals surface area contributed by atoms with Crippen LogP contribution in [0.15, 0.2) is 59.1 Å². The van der Waals surface area contributed by atoms with Gasteiger partial charge in [0.05, 0.1) is 12.1 Å². The van der Waals surface area contributed by atoms with E-state index in [2.05, 4.69) is 10.5 Å². The molecule has 1 fully saturated rings. The Morgan fingerprint density at radius 2 is 1.71 bits per heavy atom. The summed E-state index contributed by atoms with van der Waals surface area (Å²) in [7, 11) is 0. The van der Waals surface area contributed by atoms with E-state index in [9.17, 15) is 22.8 Å². The molecule has 0 bridgehead atoms. The first-order valence-electron chi connectivity index (χ1n) is 10.7. The predicted octanol–water partition coefficient (Wildman–Crippen LogP) is 4.07. The van der Waals surface area contributed by atoms with Crippen LogP contribution in [-0.2, 0) is 11.0 Å². The Kier molecular flexibility index (Phi) is 6.69. The maximum Gasteiger partial charge on any atom is 0.416 e. The van der Waals surface area contributed by atoms with Crippen LogP contribution in [0.3, 0.4) is 0 Å². The van der Waals surface area contributed by atoms with Gasteiger partial charge in [-0.25, -0.2) is 0 Å². The third-order valence-electron chi connectivity index (χ3n) is 5.60. The van der Waals surface area contributed by atoms with E-state index < -0.39 is 11.7 Å². The number of hydrogen-bond donors (Lipinski definition) is 1. The molecule has 7 nitrogen and oxygen atoms in total. The molecule has 34 heavy (non-hydrogen) atoms. The Hall–Kier alpha value is -3.66. The summed E-state index contributed by atoms with van der Waals surface area (Å²) in [5.41, 5.74) is 0.801. The minimum atomic E-state index is -4.42. The zero-order valence-corrected chi connectivity index (χ0v) is 18.4. The second-order valence-electron chi connectivity index (χ2n) is 8.06. The lowest BCUT2D eigenvalue weighted by atomic mass is 9.97. The van der Waals surface area contributed by atoms with Crippen molar-refractivity contribution in [2.24, 2.45) is 0 Å². The van der Waals surface area contributed by atoms with Crippen molar-refractivity contribution < 1.29 is 27.3 Å². The van der Waals surface area contributed by atoms with Gasteiger partial charge in [-0.2, -0.15) is 13.2 Å². The number of piperazine rings is 1. The topological polar surface area (TPSA) is 78.7 Å². The van der Waals surface area contributed by atoms with Crippen LogP contribution >= 0.6 is 0 Å². The largest absolute Gasteiger partial charge is 0.416 e. The number of alkyl halides is 3. The minimum Gasteiger partial charge on any atom is -0.360 e. The average Bonchev–Trinajstić information content (AvgIpc) is 3.23. The Labute approximate surface area is 194 Å². The van der Waals surface area contributed by atoms with Crippen LogP contribution in [-0.4, -0.2) is 59.5 Å². The Bertz CT molecular complexity index is 1170. The predicted molar refractivity (Wildman–Crippen MR) is 119 cm³/mol. The number of halogens is 3. The van der Waals surface area contributed by atoms with Gasteiger partial charge in [0.2, 0.25) is 5.91 Å². The first-order valence-corrected chi connectivity index (χ1v) is 10.7. The van der Waals surface area contributed by atoms with E-state index in [0.717, 1.165) is 12.1 Å². The molecule has 2 aromatic carbocycles. The Balaban J connectivity index is 1.38. The van der Waals surface area contributed by atoms with Crippen LogP contribution in [0.4, 0.5) is 19.0 Å². The van der Waals surface area contributed by atoms with Crippen molar-refractivity contribution in [2.75, 3.05) is 38.0 Å². The van der Waals surface area contributed by atoms with Gasteiger partial charge in [-0.05, 0) is 36.2 Å². The number of rotatable bonds is 5. The first-order chi connectivity index (χ1) is 16.2. The fraction of sp³-hybridized carbons (Fsp3) is 0.292. The molecule has 1 aromatic heterocycles. The highest BCUT2D eigenvalue weighted by Crippen LogP contribution is 2.32. The summed E-state index contributed by atoms with van der Waals surface area (Å²) in [5, 5.41) is 6.41. The summed E-state index contributed by atoms with van der Waals surface area (Å²) < 4.78 is 43.6. The van der Waals surface area contributed by atoms with Crippen molar-refractivity contribution >= 4 is 17.6 Å². The number of hydrogen-bond acceptors (Lipinski definition) is 5. The van der Waals surface area contributed by atoms with Gasteiger partial charge in [0.15, 0.2) is 5.82 Å². The van der Waals surface area contributed by atoms with E-state index >= 15 is 0 Å². The van der Waals surface area contributed by atoms with Gasteiger partial charge in [-0.3, -0.25) is 14.5 Å². The number of anilines is 1. The number of aromatic nitrogens is 1. The van der Waals surface area contributed by atoms with Gasteiger partial charge in [0.25, 0.3) is 5.91 Å². The molecule has 4 rings (SSSR count). The lowest BCUT2D eigenvalue weighted by Gasteiger charge is -2.34. The quantitative estimate of drug-likeness (QED) is 0.606. The summed E-state index contributed by atoms with van der Waals surface area (Å²) in [4.78, 5) is 29.1. The fourth-order valence-electron chi connectivity index (χ4n) is 3.85. The van der Waals surface area contributed by atoms with E-state index in [1.807, 2.05) is 4.90 Å². The Morgan fingerprint density at radius 3 is 2.32 bits per heavy atom. The SMILES string of the molecule is Cc1cc(NC(=O)CN2CCN(C(=O)c3ccccc3-c3ccc(C(F)(F)F)cc3)CC2)no1. The van der Waals surface area contributed by atoms with E-state index in [0.29, 0.717) is 54.4 Å². The summed E-state index contributed by atoms with van der Waals surface area (Å²) in [6.45, 7) is 3.77. The van der Waals surface area contributed by atoms with Crippen molar-refractivity contribution in [3.63, 3.8) is 0 Å². The number of nitrogens with one attached hydrogen (secondary N) is 1. The van der Waals surface area contributed by atoms with Gasteiger partial charge in [-0.15, -0.1) is 0 Å². The van der Waals surface area contributed by atoms with Crippen LogP contribution in [0.25, 0.3) is 11.1 Å². The number of carbonyl (C=O) groups excluding carboxylic acids is 2. The zero-order valence-electron chi connectivity index (χ0n) is 18.4. The van der Waals surface area contributed by atoms with Crippen LogP contribution < -0.4 is 5.32 Å². The lowest BCUT2D eigenvalue weighted by Crippen LogP contribution is -2.50. The van der Waals surface area contributed by atoms with Crippen LogP contribution in [0.1, 0.15) is 21.7 Å². The molecule has 1 saturated heterocycles. The van der Waals surface area contributed by atoms with Crippen molar-refractivity contribution in [3.8, 4) is 11.1 Å². The molecule has 2 amide bonds. The maximum atomic E-state index is 13.2. The second kappa shape index (κ2) is 9.68. The van der Waals surface area contributed by atoms with Crippen molar-refractivity contribution in [1.82, 2.24) is 15.0 Å². The molecule has 0 radical (unpaired) electrons. The van der Waals surface area contributed by atoms with Crippen LogP contribution in [0, 0.1) is 6.92 Å². The van der Waals surface area contributed by atoms with Crippen molar-refractivity contribution in [3.05, 3.63) is 71.5 Å². The molecular formula is C24H23F3N4O3. The van der Waals surface area contributed by atoms with E-state index in [-0.39, 0.29) is 18.4 Å². The smallest absolute Gasteiger partial charge is 0.360 e. The molecule has 2 heterocycles. The minimum absolute atomic E-state index is 0.163. The van der Waals surface area contributed by atoms with Crippen LogP contribution in [0.5, 0.6) is 0 Å². The summed E-state index contributed by atoms with van der Waals surface area (Å²) in [5.74, 6) is 0.536. The molecule has 0 spiro atoms. The van der Waals surface area contributed by atoms with Gasteiger partial charge >= 0.3 is 6.18 Å². The van der Waals surface area contributed by atoms with E-state index in [1.165, 1.54) is 12.1 Å². The molecule has 3 aromatic rings. The Morgan fingerprint density at radius 1 is 1.03 bits per heavy atom. The van der Waals surface area contributed by atoms with Crippen molar-refractivity contribution in [1.29, 1.82) is 0 Å². The normalized spacial score (nSPS) is 14.8. The summed E-state index contributed by atoms with van der Waals surface area (Å²) >= 11 is 0. The molecule has 1 aliphatic heterocycles. The highest BCUT2D eigenvalue weighted by atomic mass is 19.4. The number of nitrogens with zero attached hydrogens (tertiary/aromatic N) is 3. The number of amides is 2. The zero-order chi connectivity index (χ0) is 24.3. The molecule has 1 N–H and O–H groups in total. The second-order valence-corrected chi connectivity index (χ2v) is 8.06. The number of benzene rings is 2. The summed E-state index contributed by atoms with van der Waals surface area (Å²) in [6.07, 6.45) is -4.42. The highest BCUT2D eigenvalue weighted by molar-refractivity contribution is 6.01. The molecule has 0 aliphatic carbocycles. The molecule has 0 saturated carbocycles. The molecule has 0 atom stereocenters. The third kappa shape index (κ3) is 5.45. The molecular weight excluding hydrogens is 449 g/mol. The number of aryl methyl sites for hydroxylation is 1. The average molecular weight is 472 g/mol. The maximum absolute atomic E-state index is 13.2. The first kappa shape index (κ1) is 23.5. The monoisotopic (exact) mass is 472 g/mol. The molecule has 0 unspecified atom stereocenters. The molecule has 178 valence electrons. The van der Waals surface area contributed by atoms with E-state index in [1.54, 1.807) is 42.2 Å².